The molecule has 2 aliphatic rings. The van der Waals surface area contributed by atoms with E-state index < -0.39 is 11.7 Å². The molecule has 1 N–H and O–H groups in total. The van der Waals surface area contributed by atoms with Crippen LogP contribution < -0.4 is 10.2 Å². The SMILES string of the molecule is Cc1cn2cc(NC(=O)c3c(F)cc(N4CCC(N(C)C5CC5)CC4)c4ccnnc34)nc2c(C)n1. The lowest BCUT2D eigenvalue weighted by atomic mass is 10.0. The number of carbonyl (C=O) groups excluding carboxylic acids is 1. The minimum atomic E-state index is -0.620. The van der Waals surface area contributed by atoms with E-state index in [0.717, 1.165) is 54.4 Å². The van der Waals surface area contributed by atoms with E-state index in [2.05, 4.69) is 42.3 Å². The molecule has 1 aliphatic heterocycles. The molecule has 0 atom stereocenters. The normalized spacial score (nSPS) is 16.9. The topological polar surface area (TPSA) is 91.6 Å². The van der Waals surface area contributed by atoms with Crippen molar-refractivity contribution in [3.63, 3.8) is 0 Å². The summed E-state index contributed by atoms with van der Waals surface area (Å²) in [4.78, 5) is 26.8. The maximum absolute atomic E-state index is 15.5. The lowest BCUT2D eigenvalue weighted by Crippen LogP contribution is -2.44. The van der Waals surface area contributed by atoms with Crippen molar-refractivity contribution >= 4 is 34.0 Å². The maximum atomic E-state index is 15.5. The van der Waals surface area contributed by atoms with E-state index in [1.807, 2.05) is 20.0 Å². The van der Waals surface area contributed by atoms with Gasteiger partial charge in [-0.3, -0.25) is 9.78 Å². The predicted molar refractivity (Wildman–Crippen MR) is 136 cm³/mol. The van der Waals surface area contributed by atoms with Crippen molar-refractivity contribution in [1.29, 1.82) is 0 Å². The first-order chi connectivity index (χ1) is 17.4. The number of piperidine rings is 1. The lowest BCUT2D eigenvalue weighted by Gasteiger charge is -2.38. The molecule has 2 fully saturated rings. The molecule has 10 heteroatoms. The second-order valence-electron chi connectivity index (χ2n) is 9.94. The summed E-state index contributed by atoms with van der Waals surface area (Å²) in [5.41, 5.74) is 3.09. The molecule has 1 amide bonds. The number of aryl methyl sites for hydroxylation is 2. The van der Waals surface area contributed by atoms with Gasteiger partial charge in [0.2, 0.25) is 0 Å². The van der Waals surface area contributed by atoms with E-state index in [1.165, 1.54) is 18.9 Å². The highest BCUT2D eigenvalue weighted by molar-refractivity contribution is 6.13. The molecule has 3 aromatic heterocycles. The van der Waals surface area contributed by atoms with Gasteiger partial charge >= 0.3 is 0 Å². The van der Waals surface area contributed by atoms with Gasteiger partial charge in [-0.2, -0.15) is 5.10 Å². The van der Waals surface area contributed by atoms with E-state index in [1.54, 1.807) is 22.9 Å². The maximum Gasteiger partial charge on any atom is 0.262 e. The number of benzene rings is 1. The number of amides is 1. The summed E-state index contributed by atoms with van der Waals surface area (Å²) in [5, 5.41) is 11.6. The summed E-state index contributed by atoms with van der Waals surface area (Å²) in [5.74, 6) is -0.914. The van der Waals surface area contributed by atoms with Gasteiger partial charge in [-0.25, -0.2) is 9.37 Å². The van der Waals surface area contributed by atoms with Crippen LogP contribution in [-0.2, 0) is 0 Å². The van der Waals surface area contributed by atoms with Gasteiger partial charge in [0.25, 0.3) is 5.91 Å². The Morgan fingerprint density at radius 1 is 1.11 bits per heavy atom. The van der Waals surface area contributed by atoms with Crippen LogP contribution in [0.25, 0.3) is 16.6 Å². The smallest absolute Gasteiger partial charge is 0.262 e. The minimum Gasteiger partial charge on any atom is -0.371 e. The molecular weight excluding hydrogens is 459 g/mol. The average Bonchev–Trinajstić information content (AvgIpc) is 3.63. The van der Waals surface area contributed by atoms with Crippen molar-refractivity contribution < 1.29 is 9.18 Å². The molecule has 0 radical (unpaired) electrons. The number of hydrogen-bond acceptors (Lipinski definition) is 7. The molecule has 0 bridgehead atoms. The largest absolute Gasteiger partial charge is 0.371 e. The standard InChI is InChI=1S/C26H29FN8O/c1-15-13-35-14-22(30-25(35)16(2)29-15)31-26(36)23-20(27)12-21(19-6-9-28-32-24(19)23)34-10-7-18(8-11-34)33(3)17-4-5-17/h6,9,12-14,17-18H,4-5,7-8,10-11H2,1-3H3,(H,31,36). The van der Waals surface area contributed by atoms with Gasteiger partial charge < -0.3 is 19.5 Å². The molecule has 0 unspecified atom stereocenters. The first kappa shape index (κ1) is 22.8. The third-order valence-electron chi connectivity index (χ3n) is 7.43. The Bertz CT molecular complexity index is 1470. The molecule has 0 spiro atoms. The highest BCUT2D eigenvalue weighted by Gasteiger charge is 2.33. The average molecular weight is 489 g/mol. The molecule has 36 heavy (non-hydrogen) atoms. The number of halogens is 1. The molecule has 1 aromatic carbocycles. The predicted octanol–water partition coefficient (Wildman–Crippen LogP) is 3.74. The molecule has 6 rings (SSSR count). The summed E-state index contributed by atoms with van der Waals surface area (Å²) in [7, 11) is 2.22. The van der Waals surface area contributed by atoms with E-state index in [4.69, 9.17) is 0 Å². The molecule has 1 aliphatic carbocycles. The quantitative estimate of drug-likeness (QED) is 0.458. The fourth-order valence-corrected chi connectivity index (χ4v) is 5.42. The van der Waals surface area contributed by atoms with Crippen LogP contribution in [0.4, 0.5) is 15.9 Å². The Morgan fingerprint density at radius 2 is 1.86 bits per heavy atom. The van der Waals surface area contributed by atoms with Crippen LogP contribution in [-0.4, -0.2) is 67.6 Å². The van der Waals surface area contributed by atoms with E-state index in [0.29, 0.717) is 17.5 Å². The van der Waals surface area contributed by atoms with Crippen molar-refractivity contribution in [3.8, 4) is 0 Å². The number of aromatic nitrogens is 5. The van der Waals surface area contributed by atoms with Crippen molar-refractivity contribution in [3.05, 3.63) is 53.5 Å². The second kappa shape index (κ2) is 8.77. The first-order valence-electron chi connectivity index (χ1n) is 12.4. The Labute approximate surface area is 208 Å². The number of fused-ring (bicyclic) bond motifs is 2. The summed E-state index contributed by atoms with van der Waals surface area (Å²) in [6.45, 7) is 5.41. The van der Waals surface area contributed by atoms with Gasteiger partial charge in [0, 0.05) is 42.4 Å². The van der Waals surface area contributed by atoms with E-state index in [-0.39, 0.29) is 11.1 Å². The Kier molecular flexibility index (Phi) is 5.55. The van der Waals surface area contributed by atoms with Crippen LogP contribution in [0.2, 0.25) is 0 Å². The number of rotatable bonds is 5. The fourth-order valence-electron chi connectivity index (χ4n) is 5.42. The first-order valence-corrected chi connectivity index (χ1v) is 12.4. The van der Waals surface area contributed by atoms with Crippen LogP contribution in [0, 0.1) is 19.7 Å². The van der Waals surface area contributed by atoms with Gasteiger partial charge in [-0.1, -0.05) is 0 Å². The van der Waals surface area contributed by atoms with Crippen molar-refractivity contribution in [2.24, 2.45) is 0 Å². The number of nitrogens with one attached hydrogen (secondary N) is 1. The number of nitrogens with zero attached hydrogens (tertiary/aromatic N) is 7. The van der Waals surface area contributed by atoms with Crippen molar-refractivity contribution in [2.75, 3.05) is 30.4 Å². The minimum absolute atomic E-state index is 0.131. The number of carbonyl (C=O) groups is 1. The van der Waals surface area contributed by atoms with E-state index >= 15 is 4.39 Å². The number of imidazole rings is 1. The lowest BCUT2D eigenvalue weighted by molar-refractivity contribution is 0.102. The number of hydrogen-bond donors (Lipinski definition) is 1. The summed E-state index contributed by atoms with van der Waals surface area (Å²) in [6.07, 6.45) is 9.74. The van der Waals surface area contributed by atoms with Gasteiger partial charge in [-0.05, 0) is 58.7 Å². The van der Waals surface area contributed by atoms with Crippen LogP contribution in [0.1, 0.15) is 47.4 Å². The molecule has 9 nitrogen and oxygen atoms in total. The molecule has 1 saturated heterocycles. The summed E-state index contributed by atoms with van der Waals surface area (Å²) < 4.78 is 17.3. The zero-order chi connectivity index (χ0) is 25.0. The third kappa shape index (κ3) is 4.05. The van der Waals surface area contributed by atoms with Gasteiger partial charge in [0.05, 0.1) is 23.8 Å². The van der Waals surface area contributed by atoms with Gasteiger partial charge in [0.15, 0.2) is 11.5 Å². The molecule has 1 saturated carbocycles. The Hall–Kier alpha value is -3.66. The van der Waals surface area contributed by atoms with Crippen LogP contribution in [0.3, 0.4) is 0 Å². The third-order valence-corrected chi connectivity index (χ3v) is 7.43. The number of anilines is 2. The monoisotopic (exact) mass is 488 g/mol. The molecule has 4 heterocycles. The molecule has 4 aromatic rings. The van der Waals surface area contributed by atoms with Crippen LogP contribution in [0.15, 0.2) is 30.7 Å². The fraction of sp³-hybridized carbons (Fsp3) is 0.423. The Balaban J connectivity index is 1.29. The molecule has 186 valence electrons. The summed E-state index contributed by atoms with van der Waals surface area (Å²) in [6, 6.07) is 4.55. The summed E-state index contributed by atoms with van der Waals surface area (Å²) >= 11 is 0. The zero-order valence-electron chi connectivity index (χ0n) is 20.7. The highest BCUT2D eigenvalue weighted by Crippen LogP contribution is 2.35. The van der Waals surface area contributed by atoms with Crippen molar-refractivity contribution in [1.82, 2.24) is 29.5 Å². The highest BCUT2D eigenvalue weighted by atomic mass is 19.1. The second-order valence-corrected chi connectivity index (χ2v) is 9.94. The van der Waals surface area contributed by atoms with Gasteiger partial charge in [-0.15, -0.1) is 5.10 Å². The van der Waals surface area contributed by atoms with Crippen molar-refractivity contribution in [2.45, 2.75) is 51.6 Å². The van der Waals surface area contributed by atoms with Crippen LogP contribution in [0.5, 0.6) is 0 Å². The van der Waals surface area contributed by atoms with Gasteiger partial charge in [0.1, 0.15) is 16.9 Å². The molecular formula is C26H29FN8O. The van der Waals surface area contributed by atoms with E-state index in [9.17, 15) is 4.79 Å². The zero-order valence-corrected chi connectivity index (χ0v) is 20.7. The van der Waals surface area contributed by atoms with Crippen LogP contribution >= 0.6 is 0 Å². The Morgan fingerprint density at radius 3 is 2.61 bits per heavy atom.